The largest absolute Gasteiger partial charge is 0.496 e. The number of ether oxygens (including phenoxy) is 2. The monoisotopic (exact) mass is 476 g/mol. The number of halogens is 1. The van der Waals surface area contributed by atoms with E-state index >= 15 is 0 Å². The van der Waals surface area contributed by atoms with Crippen LogP contribution in [0.3, 0.4) is 0 Å². The van der Waals surface area contributed by atoms with Gasteiger partial charge >= 0.3 is 0 Å². The number of methoxy groups -OCH3 is 1. The van der Waals surface area contributed by atoms with E-state index in [1.165, 1.54) is 0 Å². The van der Waals surface area contributed by atoms with Gasteiger partial charge in [0.1, 0.15) is 11.5 Å². The van der Waals surface area contributed by atoms with Crippen LogP contribution in [0.15, 0.2) is 60.7 Å². The van der Waals surface area contributed by atoms with Gasteiger partial charge in [0.05, 0.1) is 10.7 Å². The van der Waals surface area contributed by atoms with Crippen molar-refractivity contribution in [1.29, 1.82) is 0 Å². The zero-order valence-electron chi connectivity index (χ0n) is 14.5. The van der Waals surface area contributed by atoms with Gasteiger partial charge in [0.25, 0.3) is 11.8 Å². The molecule has 0 aliphatic carbocycles. The molecular weight excluding hydrogens is 459 g/mol. The standard InChI is InChI=1S/C20H17IN2O4/c1-26-18-9-7-15(11-17(18)21)20(25)23-22-19(24)12-27-16-8-6-13-4-2-3-5-14(13)10-16/h2-11H,12H2,1H3,(H,22,24)(H,23,25). The average molecular weight is 476 g/mol. The van der Waals surface area contributed by atoms with Gasteiger partial charge in [0, 0.05) is 5.56 Å². The molecule has 3 aromatic rings. The topological polar surface area (TPSA) is 76.7 Å². The SMILES string of the molecule is COc1ccc(C(=O)NNC(=O)COc2ccc3ccccc3c2)cc1I. The van der Waals surface area contributed by atoms with Gasteiger partial charge in [-0.15, -0.1) is 0 Å². The molecule has 0 atom stereocenters. The van der Waals surface area contributed by atoms with E-state index < -0.39 is 11.8 Å². The Labute approximate surface area is 170 Å². The fourth-order valence-electron chi connectivity index (χ4n) is 2.45. The molecule has 0 bridgehead atoms. The van der Waals surface area contributed by atoms with Gasteiger partial charge < -0.3 is 9.47 Å². The zero-order valence-corrected chi connectivity index (χ0v) is 16.6. The molecular formula is C20H17IN2O4. The second-order valence-electron chi connectivity index (χ2n) is 5.65. The minimum Gasteiger partial charge on any atom is -0.496 e. The Morgan fingerprint density at radius 3 is 2.48 bits per heavy atom. The Balaban J connectivity index is 1.51. The van der Waals surface area contributed by atoms with E-state index in [1.54, 1.807) is 31.4 Å². The number of hydrogen-bond acceptors (Lipinski definition) is 4. The van der Waals surface area contributed by atoms with E-state index in [2.05, 4.69) is 33.4 Å². The van der Waals surface area contributed by atoms with Crippen LogP contribution in [0.4, 0.5) is 0 Å². The second kappa shape index (κ2) is 8.72. The van der Waals surface area contributed by atoms with E-state index in [4.69, 9.17) is 9.47 Å². The summed E-state index contributed by atoms with van der Waals surface area (Å²) in [5.41, 5.74) is 5.12. The quantitative estimate of drug-likeness (QED) is 0.438. The lowest BCUT2D eigenvalue weighted by molar-refractivity contribution is -0.123. The van der Waals surface area contributed by atoms with Gasteiger partial charge in [-0.3, -0.25) is 20.4 Å². The maximum atomic E-state index is 12.1. The molecule has 0 saturated heterocycles. The predicted molar refractivity (Wildman–Crippen MR) is 111 cm³/mol. The number of hydrazine groups is 1. The van der Waals surface area contributed by atoms with Crippen molar-refractivity contribution in [3.05, 3.63) is 69.8 Å². The normalized spacial score (nSPS) is 10.3. The number of amides is 2. The number of benzene rings is 3. The molecule has 0 aliphatic heterocycles. The van der Waals surface area contributed by atoms with Crippen molar-refractivity contribution in [2.24, 2.45) is 0 Å². The maximum Gasteiger partial charge on any atom is 0.276 e. The average Bonchev–Trinajstić information content (AvgIpc) is 2.70. The van der Waals surface area contributed by atoms with E-state index in [-0.39, 0.29) is 6.61 Å². The van der Waals surface area contributed by atoms with Gasteiger partial charge in [-0.1, -0.05) is 30.3 Å². The molecule has 0 unspecified atom stereocenters. The van der Waals surface area contributed by atoms with Gasteiger partial charge in [-0.2, -0.15) is 0 Å². The summed E-state index contributed by atoms with van der Waals surface area (Å²) < 4.78 is 11.4. The van der Waals surface area contributed by atoms with E-state index in [1.807, 2.05) is 36.4 Å². The molecule has 0 aromatic heterocycles. The van der Waals surface area contributed by atoms with Crippen molar-refractivity contribution in [1.82, 2.24) is 10.9 Å². The first-order chi connectivity index (χ1) is 13.1. The first-order valence-corrected chi connectivity index (χ1v) is 9.19. The number of rotatable bonds is 5. The number of hydrogen-bond donors (Lipinski definition) is 2. The highest BCUT2D eigenvalue weighted by Crippen LogP contribution is 2.22. The minimum absolute atomic E-state index is 0.210. The van der Waals surface area contributed by atoms with Gasteiger partial charge in [0.15, 0.2) is 6.61 Å². The fourth-order valence-corrected chi connectivity index (χ4v) is 3.18. The molecule has 0 saturated carbocycles. The second-order valence-corrected chi connectivity index (χ2v) is 6.81. The fraction of sp³-hybridized carbons (Fsp3) is 0.100. The van der Waals surface area contributed by atoms with E-state index in [0.717, 1.165) is 14.3 Å². The van der Waals surface area contributed by atoms with Gasteiger partial charge in [-0.05, 0) is 63.7 Å². The van der Waals surface area contributed by atoms with Crippen molar-refractivity contribution < 1.29 is 19.1 Å². The lowest BCUT2D eigenvalue weighted by atomic mass is 10.1. The van der Waals surface area contributed by atoms with Crippen LogP contribution < -0.4 is 20.3 Å². The summed E-state index contributed by atoms with van der Waals surface area (Å²) in [4.78, 5) is 24.0. The third-order valence-electron chi connectivity index (χ3n) is 3.82. The third-order valence-corrected chi connectivity index (χ3v) is 4.66. The highest BCUT2D eigenvalue weighted by molar-refractivity contribution is 14.1. The Kier molecular flexibility index (Phi) is 6.12. The first-order valence-electron chi connectivity index (χ1n) is 8.11. The minimum atomic E-state index is -0.459. The molecule has 7 heteroatoms. The lowest BCUT2D eigenvalue weighted by Gasteiger charge is -2.10. The molecule has 0 aliphatic rings. The van der Waals surface area contributed by atoms with Gasteiger partial charge in [-0.25, -0.2) is 0 Å². The molecule has 2 N–H and O–H groups in total. The summed E-state index contributed by atoms with van der Waals surface area (Å²) in [6, 6.07) is 18.4. The van der Waals surface area contributed by atoms with Gasteiger partial charge in [0.2, 0.25) is 0 Å². The Morgan fingerprint density at radius 2 is 1.74 bits per heavy atom. The summed E-state index contributed by atoms with van der Waals surface area (Å²) in [5, 5.41) is 2.12. The third kappa shape index (κ3) is 4.88. The molecule has 3 aromatic carbocycles. The van der Waals surface area contributed by atoms with Crippen molar-refractivity contribution in [2.45, 2.75) is 0 Å². The molecule has 0 radical (unpaired) electrons. The summed E-state index contributed by atoms with van der Waals surface area (Å²) in [7, 11) is 1.56. The summed E-state index contributed by atoms with van der Waals surface area (Å²) in [6.45, 7) is -0.210. The van der Waals surface area contributed by atoms with Crippen molar-refractivity contribution >= 4 is 45.2 Å². The zero-order chi connectivity index (χ0) is 19.2. The number of nitrogens with one attached hydrogen (secondary N) is 2. The number of carbonyl (C=O) groups is 2. The van der Waals surface area contributed by atoms with Crippen molar-refractivity contribution in [3.63, 3.8) is 0 Å². The van der Waals surface area contributed by atoms with Crippen LogP contribution in [0.25, 0.3) is 10.8 Å². The van der Waals surface area contributed by atoms with Crippen molar-refractivity contribution in [3.8, 4) is 11.5 Å². The van der Waals surface area contributed by atoms with Crippen LogP contribution in [0.5, 0.6) is 11.5 Å². The Hall–Kier alpha value is -2.81. The smallest absolute Gasteiger partial charge is 0.276 e. The maximum absolute atomic E-state index is 12.1. The molecule has 0 heterocycles. The van der Waals surface area contributed by atoms with Crippen LogP contribution >= 0.6 is 22.6 Å². The number of fused-ring (bicyclic) bond motifs is 1. The van der Waals surface area contributed by atoms with Crippen LogP contribution in [0.1, 0.15) is 10.4 Å². The molecule has 0 fully saturated rings. The molecule has 3 rings (SSSR count). The first kappa shape index (κ1) is 19.0. The summed E-state index contributed by atoms with van der Waals surface area (Å²) >= 11 is 2.07. The number of carbonyl (C=O) groups excluding carboxylic acids is 2. The highest BCUT2D eigenvalue weighted by atomic mass is 127. The van der Waals surface area contributed by atoms with Crippen LogP contribution in [0, 0.1) is 3.57 Å². The Bertz CT molecular complexity index is 991. The van der Waals surface area contributed by atoms with E-state index in [0.29, 0.717) is 17.1 Å². The predicted octanol–water partition coefficient (Wildman–Crippen LogP) is 3.29. The molecule has 27 heavy (non-hydrogen) atoms. The van der Waals surface area contributed by atoms with Crippen LogP contribution in [-0.2, 0) is 4.79 Å². The van der Waals surface area contributed by atoms with Crippen LogP contribution in [0.2, 0.25) is 0 Å². The molecule has 0 spiro atoms. The molecule has 2 amide bonds. The molecule has 138 valence electrons. The van der Waals surface area contributed by atoms with Crippen molar-refractivity contribution in [2.75, 3.05) is 13.7 Å². The Morgan fingerprint density at radius 1 is 0.963 bits per heavy atom. The van der Waals surface area contributed by atoms with E-state index in [9.17, 15) is 9.59 Å². The molecule has 6 nitrogen and oxygen atoms in total. The highest BCUT2D eigenvalue weighted by Gasteiger charge is 2.10. The summed E-state index contributed by atoms with van der Waals surface area (Å²) in [6.07, 6.45) is 0. The lowest BCUT2D eigenvalue weighted by Crippen LogP contribution is -2.43. The van der Waals surface area contributed by atoms with Crippen LogP contribution in [-0.4, -0.2) is 25.5 Å². The summed E-state index contributed by atoms with van der Waals surface area (Å²) in [5.74, 6) is 0.384.